The number of H-pyrrole nitrogens is 1. The van der Waals surface area contributed by atoms with Gasteiger partial charge in [0.25, 0.3) is 0 Å². The average molecular weight is 390 g/mol. The van der Waals surface area contributed by atoms with Crippen molar-refractivity contribution in [1.82, 2.24) is 20.1 Å². The van der Waals surface area contributed by atoms with Gasteiger partial charge in [-0.15, -0.1) is 0 Å². The molecule has 0 spiro atoms. The van der Waals surface area contributed by atoms with E-state index >= 15 is 0 Å². The van der Waals surface area contributed by atoms with Crippen LogP contribution in [0.1, 0.15) is 60.7 Å². The van der Waals surface area contributed by atoms with Gasteiger partial charge in [-0.25, -0.2) is 0 Å². The fraction of sp³-hybridized carbons (Fsp3) is 0.391. The second-order valence-corrected chi connectivity index (χ2v) is 7.90. The molecule has 1 fully saturated rings. The second kappa shape index (κ2) is 8.15. The summed E-state index contributed by atoms with van der Waals surface area (Å²) in [5.41, 5.74) is 4.93. The molecule has 0 radical (unpaired) electrons. The number of hydrogen-bond acceptors (Lipinski definition) is 4. The predicted octanol–water partition coefficient (Wildman–Crippen LogP) is 3.40. The lowest BCUT2D eigenvalue weighted by atomic mass is 9.94. The van der Waals surface area contributed by atoms with Crippen molar-refractivity contribution in [3.63, 3.8) is 0 Å². The highest BCUT2D eigenvalue weighted by Gasteiger charge is 2.26. The molecule has 1 aliphatic carbocycles. The summed E-state index contributed by atoms with van der Waals surface area (Å²) in [5, 5.41) is 7.33. The maximum Gasteiger partial charge on any atom is 0.246 e. The maximum atomic E-state index is 12.7. The topological polar surface area (TPSA) is 79.0 Å². The van der Waals surface area contributed by atoms with Crippen molar-refractivity contribution < 1.29 is 9.59 Å². The molecule has 6 nitrogen and oxygen atoms in total. The van der Waals surface area contributed by atoms with Gasteiger partial charge in [-0.05, 0) is 48.6 Å². The molecule has 4 rings (SSSR count). The molecule has 1 aliphatic heterocycles. The number of amides is 1. The Balaban J connectivity index is 1.37. The fourth-order valence-electron chi connectivity index (χ4n) is 3.67. The Hall–Kier alpha value is -3.02. The first-order valence-corrected chi connectivity index (χ1v) is 10.2. The molecule has 0 bridgehead atoms. The first kappa shape index (κ1) is 19.3. The predicted molar refractivity (Wildman–Crippen MR) is 111 cm³/mol. The molecule has 1 amide bonds. The number of carbonyl (C=O) groups is 2. The van der Waals surface area contributed by atoms with Gasteiger partial charge >= 0.3 is 0 Å². The third-order valence-corrected chi connectivity index (χ3v) is 5.80. The second-order valence-electron chi connectivity index (χ2n) is 7.90. The van der Waals surface area contributed by atoms with Crippen LogP contribution in [0.3, 0.4) is 0 Å². The molecule has 3 heterocycles. The number of rotatable bonds is 7. The third-order valence-electron chi connectivity index (χ3n) is 5.80. The quantitative estimate of drug-likeness (QED) is 0.735. The van der Waals surface area contributed by atoms with E-state index in [1.807, 2.05) is 31.2 Å². The van der Waals surface area contributed by atoms with Crippen molar-refractivity contribution in [2.24, 2.45) is 0 Å². The lowest BCUT2D eigenvalue weighted by molar-refractivity contribution is -0.125. The van der Waals surface area contributed by atoms with Crippen LogP contribution in [0, 0.1) is 0 Å². The number of pyridine rings is 1. The number of Topliss-reactive ketones (excluding diaryl/α,β-unsaturated/α-hetero) is 1. The van der Waals surface area contributed by atoms with E-state index < -0.39 is 0 Å². The van der Waals surface area contributed by atoms with Crippen LogP contribution in [0.2, 0.25) is 0 Å². The largest absolute Gasteiger partial charge is 0.335 e. The van der Waals surface area contributed by atoms with E-state index in [0.717, 1.165) is 34.6 Å². The summed E-state index contributed by atoms with van der Waals surface area (Å²) >= 11 is 0. The summed E-state index contributed by atoms with van der Waals surface area (Å²) in [6, 6.07) is 5.98. The summed E-state index contributed by atoms with van der Waals surface area (Å²) in [6.07, 6.45) is 8.71. The standard InChI is InChI=1S/C23H26N4O2/c1-3-23(29)27-10-8-17(9-11-27)20-7-6-18(14-24-20)15(2)22(28)13-19-12-21(26-25-19)16-4-5-16/h3,6-8,12,14-16H,1,4-5,9-11,13H2,2H3,(H,25,26). The van der Waals surface area contributed by atoms with Gasteiger partial charge in [0.2, 0.25) is 5.91 Å². The van der Waals surface area contributed by atoms with Crippen LogP contribution in [-0.4, -0.2) is 44.9 Å². The van der Waals surface area contributed by atoms with Crippen LogP contribution < -0.4 is 0 Å². The summed E-state index contributed by atoms with van der Waals surface area (Å²) in [6.45, 7) is 6.70. The zero-order chi connectivity index (χ0) is 20.4. The van der Waals surface area contributed by atoms with Gasteiger partial charge in [0.05, 0.1) is 11.4 Å². The Morgan fingerprint density at radius 2 is 2.21 bits per heavy atom. The van der Waals surface area contributed by atoms with Crippen molar-refractivity contribution in [3.8, 4) is 0 Å². The highest BCUT2D eigenvalue weighted by molar-refractivity contribution is 5.88. The van der Waals surface area contributed by atoms with Crippen LogP contribution in [0.15, 0.2) is 43.1 Å². The van der Waals surface area contributed by atoms with Crippen molar-refractivity contribution in [2.75, 3.05) is 13.1 Å². The minimum absolute atomic E-state index is 0.0440. The minimum Gasteiger partial charge on any atom is -0.335 e. The molecule has 2 aromatic heterocycles. The molecular formula is C23H26N4O2. The number of hydrogen-bond donors (Lipinski definition) is 1. The van der Waals surface area contributed by atoms with Gasteiger partial charge in [-0.3, -0.25) is 19.7 Å². The molecule has 29 heavy (non-hydrogen) atoms. The monoisotopic (exact) mass is 390 g/mol. The van der Waals surface area contributed by atoms with Crippen LogP contribution in [0.4, 0.5) is 0 Å². The average Bonchev–Trinajstić information content (AvgIpc) is 3.52. The maximum absolute atomic E-state index is 12.7. The Bertz CT molecular complexity index is 954. The summed E-state index contributed by atoms with van der Waals surface area (Å²) in [4.78, 5) is 30.7. The molecule has 2 aliphatic rings. The Morgan fingerprint density at radius 1 is 1.38 bits per heavy atom. The zero-order valence-electron chi connectivity index (χ0n) is 16.7. The lowest BCUT2D eigenvalue weighted by Gasteiger charge is -2.25. The van der Waals surface area contributed by atoms with E-state index in [-0.39, 0.29) is 17.6 Å². The molecule has 1 N–H and O–H groups in total. The Morgan fingerprint density at radius 3 is 2.83 bits per heavy atom. The summed E-state index contributed by atoms with van der Waals surface area (Å²) < 4.78 is 0. The number of nitrogens with zero attached hydrogens (tertiary/aromatic N) is 3. The molecule has 1 saturated carbocycles. The zero-order valence-corrected chi connectivity index (χ0v) is 16.7. The van der Waals surface area contributed by atoms with Crippen molar-refractivity contribution in [2.45, 2.75) is 44.4 Å². The molecular weight excluding hydrogens is 364 g/mol. The first-order valence-electron chi connectivity index (χ1n) is 10.2. The number of aromatic amines is 1. The molecule has 0 saturated heterocycles. The third kappa shape index (κ3) is 4.36. The van der Waals surface area contributed by atoms with Crippen LogP contribution in [0.5, 0.6) is 0 Å². The van der Waals surface area contributed by atoms with Crippen LogP contribution in [0.25, 0.3) is 5.57 Å². The van der Waals surface area contributed by atoms with Crippen molar-refractivity contribution >= 4 is 17.3 Å². The van der Waals surface area contributed by atoms with Gasteiger partial charge in [0.1, 0.15) is 5.78 Å². The lowest BCUT2D eigenvalue weighted by Crippen LogP contribution is -2.33. The smallest absolute Gasteiger partial charge is 0.246 e. The molecule has 1 atom stereocenters. The Kier molecular flexibility index (Phi) is 5.43. The fourth-order valence-corrected chi connectivity index (χ4v) is 3.67. The van der Waals surface area contributed by atoms with E-state index in [1.54, 1.807) is 11.1 Å². The van der Waals surface area contributed by atoms with Gasteiger partial charge < -0.3 is 4.90 Å². The van der Waals surface area contributed by atoms with Crippen molar-refractivity contribution in [3.05, 3.63) is 65.8 Å². The van der Waals surface area contributed by atoms with E-state index in [0.29, 0.717) is 25.4 Å². The Labute approximate surface area is 170 Å². The first-order chi connectivity index (χ1) is 14.0. The molecule has 0 aromatic carbocycles. The molecule has 2 aromatic rings. The minimum atomic E-state index is -0.217. The summed E-state index contributed by atoms with van der Waals surface area (Å²) in [5.74, 6) is 0.476. The number of ketones is 1. The van der Waals surface area contributed by atoms with Gasteiger partial charge in [-0.1, -0.05) is 25.6 Å². The van der Waals surface area contributed by atoms with Crippen LogP contribution in [-0.2, 0) is 16.0 Å². The van der Waals surface area contributed by atoms with Gasteiger partial charge in [0.15, 0.2) is 0 Å². The summed E-state index contributed by atoms with van der Waals surface area (Å²) in [7, 11) is 0. The molecule has 6 heteroatoms. The number of aromatic nitrogens is 3. The van der Waals surface area contributed by atoms with Crippen LogP contribution >= 0.6 is 0 Å². The van der Waals surface area contributed by atoms with Gasteiger partial charge in [-0.2, -0.15) is 5.10 Å². The SMILES string of the molecule is C=CC(=O)N1CC=C(c2ccc(C(C)C(=O)Cc3cc(C4CC4)n[nH]3)cn2)CC1. The van der Waals surface area contributed by atoms with E-state index in [4.69, 9.17) is 0 Å². The van der Waals surface area contributed by atoms with E-state index in [9.17, 15) is 9.59 Å². The molecule has 150 valence electrons. The normalized spacial score (nSPS) is 17.6. The van der Waals surface area contributed by atoms with Gasteiger partial charge in [0, 0.05) is 43.2 Å². The van der Waals surface area contributed by atoms with E-state index in [2.05, 4.69) is 21.8 Å². The highest BCUT2D eigenvalue weighted by atomic mass is 16.2. The van der Waals surface area contributed by atoms with E-state index in [1.165, 1.54) is 18.9 Å². The van der Waals surface area contributed by atoms with Crippen molar-refractivity contribution in [1.29, 1.82) is 0 Å². The molecule has 1 unspecified atom stereocenters. The number of carbonyl (C=O) groups excluding carboxylic acids is 2. The highest BCUT2D eigenvalue weighted by Crippen LogP contribution is 2.39. The number of nitrogens with one attached hydrogen (secondary N) is 1.